The smallest absolute Gasteiger partial charge is 0.333 e. The molecule has 0 N–H and O–H groups in total. The van der Waals surface area contributed by atoms with E-state index in [1.165, 1.54) is 17.9 Å². The number of pyridine rings is 1. The summed E-state index contributed by atoms with van der Waals surface area (Å²) in [6, 6.07) is 8.38. The van der Waals surface area contributed by atoms with Crippen LogP contribution < -0.4 is 14.5 Å². The van der Waals surface area contributed by atoms with Crippen LogP contribution in [-0.2, 0) is 17.8 Å². The minimum atomic E-state index is -0.422. The zero-order valence-electron chi connectivity index (χ0n) is 25.0. The van der Waals surface area contributed by atoms with Crippen LogP contribution in [0.3, 0.4) is 0 Å². The molecule has 220 valence electrons. The number of nitriles is 1. The number of anilines is 2. The summed E-state index contributed by atoms with van der Waals surface area (Å²) >= 11 is 0. The summed E-state index contributed by atoms with van der Waals surface area (Å²) in [5, 5.41) is 11.9. The molecule has 1 amide bonds. The average molecular weight is 577 g/mol. The van der Waals surface area contributed by atoms with E-state index in [1.54, 1.807) is 4.90 Å². The van der Waals surface area contributed by atoms with Gasteiger partial charge in [0.15, 0.2) is 0 Å². The summed E-state index contributed by atoms with van der Waals surface area (Å²) in [4.78, 5) is 35.1. The molecular weight excluding hydrogens is 540 g/mol. The molecule has 3 aromatic rings. The van der Waals surface area contributed by atoms with E-state index in [2.05, 4.69) is 76.5 Å². The molecule has 1 aromatic carbocycles. The number of nitrogens with zero attached hydrogens (tertiary/aromatic N) is 8. The molecule has 0 bridgehead atoms. The van der Waals surface area contributed by atoms with Crippen molar-refractivity contribution in [1.82, 2.24) is 24.8 Å². The molecule has 0 unspecified atom stereocenters. The number of aryl methyl sites for hydroxylation is 1. The molecule has 2 aromatic heterocycles. The van der Waals surface area contributed by atoms with E-state index in [4.69, 9.17) is 14.7 Å². The lowest BCUT2D eigenvalue weighted by Crippen LogP contribution is -2.55. The maximum Gasteiger partial charge on any atom is 0.333 e. The van der Waals surface area contributed by atoms with Crippen LogP contribution in [0.1, 0.15) is 36.6 Å². The molecule has 2 saturated heterocycles. The Morgan fingerprint density at radius 3 is 2.77 bits per heavy atom. The largest absolute Gasteiger partial charge is 0.370 e. The lowest BCUT2D eigenvalue weighted by Gasteiger charge is -2.42. The fraction of sp³-hybridized carbons (Fsp3) is 0.424. The summed E-state index contributed by atoms with van der Waals surface area (Å²) in [5.41, 5.74) is 4.56. The standard InChI is InChI=1S/C33H36N8O2/c1-22-7-5-8-25-18-35-19-29(31(22)25)39-13-10-27-28(20-39)36-33(43-16-11-26-9-6-12-38(26)4)37-32(27)40-14-15-41(24(3)42)30(21-40)23(2)17-34/h5,7-8,18-19,26,30H,2,6,9-10,12-15,20-21H2,1,3-4H3/t26-,30+/m0/s1. The summed E-state index contributed by atoms with van der Waals surface area (Å²) < 4.78 is 5.90. The number of amides is 1. The van der Waals surface area contributed by atoms with E-state index in [1.807, 2.05) is 12.4 Å². The van der Waals surface area contributed by atoms with Crippen molar-refractivity contribution in [1.29, 1.82) is 5.26 Å². The number of rotatable bonds is 4. The number of hydrogen-bond acceptors (Lipinski definition) is 9. The quantitative estimate of drug-likeness (QED) is 0.341. The van der Waals surface area contributed by atoms with Gasteiger partial charge in [0.05, 0.1) is 42.3 Å². The SMILES string of the molecule is C=C(C#N)[C@H]1CN(c2nc(OC#C[C@@H]3CCCN3C)nc3c2CCN(c2cncc4cccc(C)c24)C3)CCN1C(C)=O. The Hall–Kier alpha value is -4.67. The third-order valence-corrected chi connectivity index (χ3v) is 8.85. The zero-order valence-corrected chi connectivity index (χ0v) is 25.0. The van der Waals surface area contributed by atoms with Gasteiger partial charge in [-0.3, -0.25) is 14.7 Å². The molecular formula is C33H36N8O2. The number of piperazine rings is 1. The number of ether oxygens (including phenoxy) is 1. The number of carbonyl (C=O) groups is 1. The summed E-state index contributed by atoms with van der Waals surface area (Å²) in [6.07, 6.45) is 9.57. The average Bonchev–Trinajstić information content (AvgIpc) is 3.43. The van der Waals surface area contributed by atoms with Crippen LogP contribution in [0.4, 0.5) is 11.5 Å². The van der Waals surface area contributed by atoms with Crippen LogP contribution in [-0.4, -0.2) is 82.5 Å². The van der Waals surface area contributed by atoms with E-state index in [0.29, 0.717) is 31.8 Å². The van der Waals surface area contributed by atoms with Gasteiger partial charge in [-0.25, -0.2) is 0 Å². The molecule has 2 fully saturated rings. The normalized spacial score (nSPS) is 20.3. The second-order valence-corrected chi connectivity index (χ2v) is 11.6. The molecule has 0 radical (unpaired) electrons. The van der Waals surface area contributed by atoms with E-state index < -0.39 is 6.04 Å². The molecule has 0 saturated carbocycles. The second-order valence-electron chi connectivity index (χ2n) is 11.6. The summed E-state index contributed by atoms with van der Waals surface area (Å²) in [5.74, 6) is 3.91. The fourth-order valence-corrected chi connectivity index (χ4v) is 6.50. The minimum absolute atomic E-state index is 0.0726. The van der Waals surface area contributed by atoms with Gasteiger partial charge in [0.25, 0.3) is 0 Å². The molecule has 43 heavy (non-hydrogen) atoms. The Morgan fingerprint density at radius 2 is 2.00 bits per heavy atom. The number of likely N-dealkylation sites (tertiary alicyclic amines) is 1. The maximum atomic E-state index is 12.4. The first-order valence-electron chi connectivity index (χ1n) is 14.8. The summed E-state index contributed by atoms with van der Waals surface area (Å²) in [6.45, 7) is 11.4. The molecule has 0 spiro atoms. The highest BCUT2D eigenvalue weighted by atomic mass is 16.5. The van der Waals surface area contributed by atoms with Crippen molar-refractivity contribution in [3.63, 3.8) is 0 Å². The van der Waals surface area contributed by atoms with Gasteiger partial charge in [0.1, 0.15) is 11.9 Å². The molecule has 6 rings (SSSR count). The number of carbonyl (C=O) groups excluding carboxylic acids is 1. The van der Waals surface area contributed by atoms with Gasteiger partial charge in [-0.1, -0.05) is 24.8 Å². The van der Waals surface area contributed by atoms with Gasteiger partial charge < -0.3 is 19.4 Å². The Kier molecular flexibility index (Phi) is 7.88. The number of hydrogen-bond donors (Lipinski definition) is 0. The van der Waals surface area contributed by atoms with Gasteiger partial charge in [-0.2, -0.15) is 15.2 Å². The monoisotopic (exact) mass is 576 g/mol. The second kappa shape index (κ2) is 11.9. The van der Waals surface area contributed by atoms with Crippen LogP contribution in [0.15, 0.2) is 42.7 Å². The maximum absolute atomic E-state index is 12.4. The van der Waals surface area contributed by atoms with Crippen LogP contribution in [0.25, 0.3) is 10.8 Å². The van der Waals surface area contributed by atoms with Crippen LogP contribution >= 0.6 is 0 Å². The van der Waals surface area contributed by atoms with Gasteiger partial charge in [-0.15, -0.1) is 0 Å². The minimum Gasteiger partial charge on any atom is -0.370 e. The predicted octanol–water partition coefficient (Wildman–Crippen LogP) is 3.45. The van der Waals surface area contributed by atoms with Crippen molar-refractivity contribution < 1.29 is 9.53 Å². The Morgan fingerprint density at radius 1 is 1.14 bits per heavy atom. The summed E-state index contributed by atoms with van der Waals surface area (Å²) in [7, 11) is 2.07. The van der Waals surface area contributed by atoms with E-state index in [9.17, 15) is 10.1 Å². The Balaban J connectivity index is 1.36. The Bertz CT molecular complexity index is 1680. The van der Waals surface area contributed by atoms with Crippen molar-refractivity contribution in [2.75, 3.05) is 49.6 Å². The third kappa shape index (κ3) is 5.59. The van der Waals surface area contributed by atoms with Crippen molar-refractivity contribution >= 4 is 28.2 Å². The highest BCUT2D eigenvalue weighted by molar-refractivity contribution is 5.96. The van der Waals surface area contributed by atoms with E-state index in [0.717, 1.165) is 60.5 Å². The number of fused-ring (bicyclic) bond motifs is 2. The van der Waals surface area contributed by atoms with E-state index in [-0.39, 0.29) is 18.0 Å². The first-order valence-corrected chi connectivity index (χ1v) is 14.8. The topological polar surface area (TPSA) is 102 Å². The third-order valence-electron chi connectivity index (χ3n) is 8.85. The lowest BCUT2D eigenvalue weighted by molar-refractivity contribution is -0.130. The predicted molar refractivity (Wildman–Crippen MR) is 165 cm³/mol. The fourth-order valence-electron chi connectivity index (χ4n) is 6.50. The molecule has 10 heteroatoms. The highest BCUT2D eigenvalue weighted by Gasteiger charge is 2.34. The first-order chi connectivity index (χ1) is 20.8. The van der Waals surface area contributed by atoms with Crippen LogP contribution in [0.2, 0.25) is 0 Å². The lowest BCUT2D eigenvalue weighted by atomic mass is 10.00. The Labute approximate surface area is 252 Å². The van der Waals surface area contributed by atoms with Crippen molar-refractivity contribution in [2.24, 2.45) is 0 Å². The van der Waals surface area contributed by atoms with Crippen LogP contribution in [0.5, 0.6) is 6.01 Å². The first kappa shape index (κ1) is 28.4. The van der Waals surface area contributed by atoms with Crippen LogP contribution in [0, 0.1) is 30.3 Å². The van der Waals surface area contributed by atoms with Gasteiger partial charge >= 0.3 is 6.01 Å². The highest BCUT2D eigenvalue weighted by Crippen LogP contribution is 2.35. The number of benzene rings is 1. The molecule has 0 aliphatic carbocycles. The zero-order chi connectivity index (χ0) is 30.1. The van der Waals surface area contributed by atoms with Gasteiger partial charge in [0.2, 0.25) is 5.91 Å². The van der Waals surface area contributed by atoms with Crippen molar-refractivity contribution in [3.05, 3.63) is 59.6 Å². The molecule has 10 nitrogen and oxygen atoms in total. The molecule has 2 atom stereocenters. The molecule has 3 aliphatic heterocycles. The van der Waals surface area contributed by atoms with Crippen molar-refractivity contribution in [2.45, 2.75) is 51.7 Å². The van der Waals surface area contributed by atoms with Crippen molar-refractivity contribution in [3.8, 4) is 24.1 Å². The molecule has 3 aliphatic rings. The van der Waals surface area contributed by atoms with Gasteiger partial charge in [-0.05, 0) is 51.3 Å². The number of aromatic nitrogens is 3. The van der Waals surface area contributed by atoms with Gasteiger partial charge in [0, 0.05) is 61.2 Å². The molecule has 5 heterocycles. The van der Waals surface area contributed by atoms with E-state index >= 15 is 0 Å².